The van der Waals surface area contributed by atoms with Crippen LogP contribution in [0.3, 0.4) is 0 Å². The first kappa shape index (κ1) is 21.0. The number of hydrogen-bond donors (Lipinski definition) is 1. The van der Waals surface area contributed by atoms with Gasteiger partial charge in [0.1, 0.15) is 5.82 Å². The van der Waals surface area contributed by atoms with Crippen LogP contribution < -0.4 is 4.72 Å². The van der Waals surface area contributed by atoms with Gasteiger partial charge in [-0.3, -0.25) is 4.79 Å². The summed E-state index contributed by atoms with van der Waals surface area (Å²) in [5, 5.41) is 0. The van der Waals surface area contributed by atoms with Crippen molar-refractivity contribution in [2.75, 3.05) is 19.3 Å². The minimum Gasteiger partial charge on any atom is -0.342 e. The van der Waals surface area contributed by atoms with Crippen molar-refractivity contribution in [3.63, 3.8) is 0 Å². The second-order valence-electron chi connectivity index (χ2n) is 8.36. The molecule has 5 nitrogen and oxygen atoms in total. The van der Waals surface area contributed by atoms with Crippen molar-refractivity contribution in [3.8, 4) is 11.1 Å². The van der Waals surface area contributed by atoms with Crippen molar-refractivity contribution in [3.05, 3.63) is 59.9 Å². The first-order chi connectivity index (χ1) is 14.3. The maximum atomic E-state index is 14.7. The molecule has 2 fully saturated rings. The third-order valence-electron chi connectivity index (χ3n) is 6.04. The molecule has 3 atom stereocenters. The van der Waals surface area contributed by atoms with Gasteiger partial charge in [-0.1, -0.05) is 42.5 Å². The van der Waals surface area contributed by atoms with Crippen LogP contribution in [0.5, 0.6) is 0 Å². The number of likely N-dealkylation sites (tertiary alicyclic amines) is 1. The summed E-state index contributed by atoms with van der Waals surface area (Å²) in [6, 6.07) is 14.4. The fraction of sp³-hybridized carbons (Fsp3) is 0.435. The van der Waals surface area contributed by atoms with Crippen molar-refractivity contribution in [2.45, 2.75) is 37.6 Å². The fourth-order valence-electron chi connectivity index (χ4n) is 4.54. The zero-order valence-corrected chi connectivity index (χ0v) is 17.9. The number of carbonyl (C=O) groups is 1. The van der Waals surface area contributed by atoms with Gasteiger partial charge in [0.25, 0.3) is 0 Å². The van der Waals surface area contributed by atoms with Crippen molar-refractivity contribution >= 4 is 15.9 Å². The van der Waals surface area contributed by atoms with Gasteiger partial charge in [0.05, 0.1) is 6.26 Å². The molecule has 1 aliphatic heterocycles. The quantitative estimate of drug-likeness (QED) is 0.789. The standard InChI is InChI=1S/C23H27FN2O3S/c1-30(28,29)25-17-9-6-13-26(14-12-17)23(27)20-15-19(20)18-10-5-11-21(24)22(18)16-7-3-2-4-8-16/h2-5,7-8,10-11,17,19-20,25H,6,9,12-15H2,1H3/t17-,19+,20-/m1/s1. The predicted octanol–water partition coefficient (Wildman–Crippen LogP) is 3.53. The maximum Gasteiger partial charge on any atom is 0.226 e. The van der Waals surface area contributed by atoms with Gasteiger partial charge in [0.15, 0.2) is 0 Å². The van der Waals surface area contributed by atoms with Gasteiger partial charge < -0.3 is 4.90 Å². The molecule has 4 rings (SSSR count). The summed E-state index contributed by atoms with van der Waals surface area (Å²) in [7, 11) is -3.25. The summed E-state index contributed by atoms with van der Waals surface area (Å²) < 4.78 is 40.3. The third-order valence-corrected chi connectivity index (χ3v) is 6.80. The van der Waals surface area contributed by atoms with Crippen molar-refractivity contribution in [1.29, 1.82) is 0 Å². The van der Waals surface area contributed by atoms with Crippen LogP contribution in [0.15, 0.2) is 48.5 Å². The summed E-state index contributed by atoms with van der Waals surface area (Å²) in [5.41, 5.74) is 2.31. The molecule has 0 bridgehead atoms. The van der Waals surface area contributed by atoms with Crippen LogP contribution >= 0.6 is 0 Å². The number of nitrogens with one attached hydrogen (secondary N) is 1. The van der Waals surface area contributed by atoms with Crippen LogP contribution in [-0.4, -0.2) is 44.6 Å². The van der Waals surface area contributed by atoms with E-state index in [0.717, 1.165) is 30.4 Å². The zero-order chi connectivity index (χ0) is 21.3. The number of carbonyl (C=O) groups excluding carboxylic acids is 1. The third kappa shape index (κ3) is 4.73. The molecule has 0 unspecified atom stereocenters. The van der Waals surface area contributed by atoms with Gasteiger partial charge >= 0.3 is 0 Å². The highest BCUT2D eigenvalue weighted by atomic mass is 32.2. The second kappa shape index (κ2) is 8.47. The molecule has 1 N–H and O–H groups in total. The van der Waals surface area contributed by atoms with E-state index in [1.165, 1.54) is 12.3 Å². The van der Waals surface area contributed by atoms with Crippen LogP contribution in [0.1, 0.15) is 37.2 Å². The largest absolute Gasteiger partial charge is 0.342 e. The van der Waals surface area contributed by atoms with E-state index in [-0.39, 0.29) is 29.6 Å². The highest BCUT2D eigenvalue weighted by molar-refractivity contribution is 7.88. The number of rotatable bonds is 5. The van der Waals surface area contributed by atoms with Gasteiger partial charge in [-0.25, -0.2) is 17.5 Å². The van der Waals surface area contributed by atoms with E-state index in [0.29, 0.717) is 25.1 Å². The lowest BCUT2D eigenvalue weighted by Crippen LogP contribution is -2.36. The van der Waals surface area contributed by atoms with E-state index < -0.39 is 10.0 Å². The Bertz CT molecular complexity index is 1030. The molecule has 30 heavy (non-hydrogen) atoms. The van der Waals surface area contributed by atoms with Gasteiger partial charge in [-0.2, -0.15) is 0 Å². The molecule has 2 aliphatic rings. The average Bonchev–Trinajstić information content (AvgIpc) is 3.51. The van der Waals surface area contributed by atoms with Gasteiger partial charge in [0.2, 0.25) is 15.9 Å². The van der Waals surface area contributed by atoms with E-state index in [1.54, 1.807) is 6.07 Å². The molecule has 2 aromatic carbocycles. The van der Waals surface area contributed by atoms with Crippen LogP contribution in [0.25, 0.3) is 11.1 Å². The Kier molecular flexibility index (Phi) is 5.93. The smallest absolute Gasteiger partial charge is 0.226 e. The lowest BCUT2D eigenvalue weighted by Gasteiger charge is -2.21. The molecule has 0 aromatic heterocycles. The maximum absolute atomic E-state index is 14.7. The summed E-state index contributed by atoms with van der Waals surface area (Å²) in [6.07, 6.45) is 4.01. The van der Waals surface area contributed by atoms with Gasteiger partial charge in [-0.05, 0) is 48.8 Å². The molecule has 1 amide bonds. The molecular formula is C23H27FN2O3S. The average molecular weight is 431 g/mol. The van der Waals surface area contributed by atoms with Crippen molar-refractivity contribution in [1.82, 2.24) is 9.62 Å². The first-order valence-electron chi connectivity index (χ1n) is 10.4. The predicted molar refractivity (Wildman–Crippen MR) is 115 cm³/mol. The molecule has 0 spiro atoms. The minimum atomic E-state index is -3.25. The monoisotopic (exact) mass is 430 g/mol. The Hall–Kier alpha value is -2.25. The number of benzene rings is 2. The number of sulfonamides is 1. The number of hydrogen-bond acceptors (Lipinski definition) is 3. The lowest BCUT2D eigenvalue weighted by atomic mass is 9.95. The number of amides is 1. The first-order valence-corrected chi connectivity index (χ1v) is 12.3. The van der Waals surface area contributed by atoms with E-state index in [9.17, 15) is 17.6 Å². The van der Waals surface area contributed by atoms with E-state index in [1.807, 2.05) is 41.3 Å². The molecule has 1 saturated heterocycles. The Morgan fingerprint density at radius 1 is 1.07 bits per heavy atom. The van der Waals surface area contributed by atoms with E-state index >= 15 is 0 Å². The topological polar surface area (TPSA) is 66.5 Å². The second-order valence-corrected chi connectivity index (χ2v) is 10.1. The molecule has 2 aromatic rings. The van der Waals surface area contributed by atoms with E-state index in [4.69, 9.17) is 0 Å². The van der Waals surface area contributed by atoms with Crippen LogP contribution in [0, 0.1) is 11.7 Å². The molecular weight excluding hydrogens is 403 g/mol. The minimum absolute atomic E-state index is 0.0246. The number of nitrogens with zero attached hydrogens (tertiary/aromatic N) is 1. The summed E-state index contributed by atoms with van der Waals surface area (Å²) in [6.45, 7) is 1.18. The molecule has 1 saturated carbocycles. The van der Waals surface area contributed by atoms with Crippen LogP contribution in [0.4, 0.5) is 4.39 Å². The Labute approximate surface area is 177 Å². The van der Waals surface area contributed by atoms with Gasteiger partial charge in [0, 0.05) is 30.6 Å². The normalized spacial score (nSPS) is 24.3. The number of halogens is 1. The van der Waals surface area contributed by atoms with Gasteiger partial charge in [-0.15, -0.1) is 0 Å². The summed E-state index contributed by atoms with van der Waals surface area (Å²) in [4.78, 5) is 15.0. The Morgan fingerprint density at radius 3 is 2.57 bits per heavy atom. The molecule has 7 heteroatoms. The molecule has 0 radical (unpaired) electrons. The summed E-state index contributed by atoms with van der Waals surface area (Å²) in [5.74, 6) is -0.269. The highest BCUT2D eigenvalue weighted by Gasteiger charge is 2.47. The molecule has 1 heterocycles. The van der Waals surface area contributed by atoms with Crippen LogP contribution in [-0.2, 0) is 14.8 Å². The highest BCUT2D eigenvalue weighted by Crippen LogP contribution is 2.51. The van der Waals surface area contributed by atoms with E-state index in [2.05, 4.69) is 4.72 Å². The SMILES string of the molecule is CS(=O)(=O)N[C@@H]1CCCN(C(=O)[C@@H]2C[C@H]2c2cccc(F)c2-c2ccccc2)CC1. The van der Waals surface area contributed by atoms with Crippen molar-refractivity contribution in [2.24, 2.45) is 5.92 Å². The fourth-order valence-corrected chi connectivity index (χ4v) is 5.38. The zero-order valence-electron chi connectivity index (χ0n) is 17.1. The van der Waals surface area contributed by atoms with Crippen molar-refractivity contribution < 1.29 is 17.6 Å². The summed E-state index contributed by atoms with van der Waals surface area (Å²) >= 11 is 0. The lowest BCUT2D eigenvalue weighted by molar-refractivity contribution is -0.132. The molecule has 160 valence electrons. The molecule has 1 aliphatic carbocycles. The Morgan fingerprint density at radius 2 is 1.83 bits per heavy atom. The van der Waals surface area contributed by atoms with Crippen LogP contribution in [0.2, 0.25) is 0 Å². The Balaban J connectivity index is 1.46.